The van der Waals surface area contributed by atoms with Crippen molar-refractivity contribution in [3.63, 3.8) is 0 Å². The number of rotatable bonds is 7. The first-order valence-corrected chi connectivity index (χ1v) is 10.7. The molecule has 0 saturated carbocycles. The summed E-state index contributed by atoms with van der Waals surface area (Å²) in [5.41, 5.74) is 1.10. The number of benzene rings is 2. The number of hydrogen-bond donors (Lipinski definition) is 1. The number of hydrogen-bond acceptors (Lipinski definition) is 5. The van der Waals surface area contributed by atoms with E-state index in [4.69, 9.17) is 16.0 Å². The van der Waals surface area contributed by atoms with Crippen LogP contribution in [0.4, 0.5) is 5.69 Å². The van der Waals surface area contributed by atoms with E-state index in [1.807, 2.05) is 30.3 Å². The molecule has 0 radical (unpaired) electrons. The molecular formula is C22H18ClN3O3S. The molecule has 4 aromatic rings. The Morgan fingerprint density at radius 1 is 1.13 bits per heavy atom. The van der Waals surface area contributed by atoms with Crippen molar-refractivity contribution in [3.8, 4) is 0 Å². The Hall–Kier alpha value is -3.03. The van der Waals surface area contributed by atoms with Crippen molar-refractivity contribution in [2.24, 2.45) is 0 Å². The Morgan fingerprint density at radius 3 is 2.73 bits per heavy atom. The fourth-order valence-corrected chi connectivity index (χ4v) is 4.06. The molecule has 0 saturated heterocycles. The van der Waals surface area contributed by atoms with E-state index in [-0.39, 0.29) is 24.4 Å². The zero-order valence-electron chi connectivity index (χ0n) is 15.9. The van der Waals surface area contributed by atoms with Gasteiger partial charge in [0.2, 0.25) is 5.91 Å². The number of thioether (sulfide) groups is 1. The van der Waals surface area contributed by atoms with E-state index in [0.29, 0.717) is 32.6 Å². The Balaban J connectivity index is 1.55. The summed E-state index contributed by atoms with van der Waals surface area (Å²) in [6.45, 7) is 0.260. The van der Waals surface area contributed by atoms with Crippen LogP contribution in [0.25, 0.3) is 10.9 Å². The van der Waals surface area contributed by atoms with Crippen LogP contribution in [-0.2, 0) is 11.3 Å². The van der Waals surface area contributed by atoms with Crippen LogP contribution in [0, 0.1) is 0 Å². The highest BCUT2D eigenvalue weighted by atomic mass is 35.5. The smallest absolute Gasteiger partial charge is 0.262 e. The third kappa shape index (κ3) is 4.75. The van der Waals surface area contributed by atoms with Gasteiger partial charge in [-0.1, -0.05) is 41.6 Å². The van der Waals surface area contributed by atoms with Gasteiger partial charge in [0.05, 0.1) is 23.7 Å². The van der Waals surface area contributed by atoms with Crippen LogP contribution in [-0.4, -0.2) is 21.2 Å². The summed E-state index contributed by atoms with van der Waals surface area (Å²) >= 11 is 7.43. The summed E-state index contributed by atoms with van der Waals surface area (Å²) in [4.78, 5) is 29.9. The van der Waals surface area contributed by atoms with Gasteiger partial charge in [-0.15, -0.1) is 0 Å². The Labute approximate surface area is 181 Å². The molecule has 152 valence electrons. The standard InChI is InChI=1S/C22H18ClN3O3S/c23-15-8-9-18-19(13-15)25-22(26(21(18)28)14-17-7-4-11-29-17)30-12-10-20(27)24-16-5-2-1-3-6-16/h1-9,11,13H,10,12,14H2,(H,24,27). The number of fused-ring (bicyclic) bond motifs is 1. The lowest BCUT2D eigenvalue weighted by molar-refractivity contribution is -0.115. The molecule has 2 aromatic heterocycles. The Bertz CT molecular complexity index is 1220. The normalized spacial score (nSPS) is 11.0. The maximum absolute atomic E-state index is 13.1. The first-order chi connectivity index (χ1) is 14.6. The van der Waals surface area contributed by atoms with Crippen molar-refractivity contribution < 1.29 is 9.21 Å². The van der Waals surface area contributed by atoms with Crippen molar-refractivity contribution >= 4 is 45.9 Å². The molecule has 30 heavy (non-hydrogen) atoms. The molecule has 0 spiro atoms. The number of carbonyl (C=O) groups excluding carboxylic acids is 1. The van der Waals surface area contributed by atoms with E-state index in [0.717, 1.165) is 5.69 Å². The van der Waals surface area contributed by atoms with E-state index in [9.17, 15) is 9.59 Å². The number of para-hydroxylation sites is 1. The van der Waals surface area contributed by atoms with Crippen LogP contribution in [0.3, 0.4) is 0 Å². The molecule has 4 rings (SSSR count). The molecule has 0 aliphatic heterocycles. The van der Waals surface area contributed by atoms with Crippen molar-refractivity contribution in [2.75, 3.05) is 11.1 Å². The highest BCUT2D eigenvalue weighted by Gasteiger charge is 2.14. The van der Waals surface area contributed by atoms with E-state index >= 15 is 0 Å². The van der Waals surface area contributed by atoms with Gasteiger partial charge in [-0.3, -0.25) is 14.2 Å². The topological polar surface area (TPSA) is 77.1 Å². The lowest BCUT2D eigenvalue weighted by atomic mass is 10.2. The number of anilines is 1. The van der Waals surface area contributed by atoms with Crippen LogP contribution in [0.2, 0.25) is 5.02 Å². The largest absolute Gasteiger partial charge is 0.467 e. The van der Waals surface area contributed by atoms with Gasteiger partial charge < -0.3 is 9.73 Å². The quantitative estimate of drug-likeness (QED) is 0.330. The molecule has 2 heterocycles. The van der Waals surface area contributed by atoms with E-state index < -0.39 is 0 Å². The zero-order chi connectivity index (χ0) is 20.9. The summed E-state index contributed by atoms with van der Waals surface area (Å²) in [7, 11) is 0. The second-order valence-corrected chi connectivity index (χ2v) is 8.04. The highest BCUT2D eigenvalue weighted by molar-refractivity contribution is 7.99. The molecule has 0 fully saturated rings. The number of nitrogens with zero attached hydrogens (tertiary/aromatic N) is 2. The highest BCUT2D eigenvalue weighted by Crippen LogP contribution is 2.22. The van der Waals surface area contributed by atoms with E-state index in [1.54, 1.807) is 41.2 Å². The molecule has 8 heteroatoms. The second kappa shape index (κ2) is 9.19. The van der Waals surface area contributed by atoms with Gasteiger partial charge in [0.1, 0.15) is 5.76 Å². The maximum Gasteiger partial charge on any atom is 0.262 e. The predicted molar refractivity (Wildman–Crippen MR) is 119 cm³/mol. The molecule has 6 nitrogen and oxygen atoms in total. The Kier molecular flexibility index (Phi) is 6.21. The van der Waals surface area contributed by atoms with Gasteiger partial charge in [-0.05, 0) is 42.5 Å². The maximum atomic E-state index is 13.1. The van der Waals surface area contributed by atoms with Crippen LogP contribution in [0.5, 0.6) is 0 Å². The first kappa shape index (κ1) is 20.3. The minimum atomic E-state index is -0.177. The molecule has 0 bridgehead atoms. The molecule has 2 aromatic carbocycles. The van der Waals surface area contributed by atoms with Gasteiger partial charge >= 0.3 is 0 Å². The predicted octanol–water partition coefficient (Wildman–Crippen LogP) is 4.81. The zero-order valence-corrected chi connectivity index (χ0v) is 17.4. The summed E-state index contributed by atoms with van der Waals surface area (Å²) in [6.07, 6.45) is 1.85. The van der Waals surface area contributed by atoms with Gasteiger partial charge in [-0.2, -0.15) is 0 Å². The fraction of sp³-hybridized carbons (Fsp3) is 0.136. The minimum absolute atomic E-state index is 0.0996. The van der Waals surface area contributed by atoms with Crippen molar-refractivity contribution in [3.05, 3.63) is 88.1 Å². The lowest BCUT2D eigenvalue weighted by Gasteiger charge is -2.12. The number of carbonyl (C=O) groups is 1. The summed E-state index contributed by atoms with van der Waals surface area (Å²) < 4.78 is 6.97. The third-order valence-electron chi connectivity index (χ3n) is 4.39. The number of nitrogens with one attached hydrogen (secondary N) is 1. The van der Waals surface area contributed by atoms with Gasteiger partial charge in [0, 0.05) is 22.9 Å². The number of amides is 1. The van der Waals surface area contributed by atoms with Crippen LogP contribution in [0.15, 0.2) is 81.3 Å². The summed E-state index contributed by atoms with van der Waals surface area (Å²) in [6, 6.07) is 17.9. The third-order valence-corrected chi connectivity index (χ3v) is 5.61. The van der Waals surface area contributed by atoms with Crippen LogP contribution >= 0.6 is 23.4 Å². The van der Waals surface area contributed by atoms with Crippen molar-refractivity contribution in [2.45, 2.75) is 18.1 Å². The summed E-state index contributed by atoms with van der Waals surface area (Å²) in [5.74, 6) is 1.02. The fourth-order valence-electron chi connectivity index (χ4n) is 2.96. The molecular weight excluding hydrogens is 422 g/mol. The molecule has 1 amide bonds. The lowest BCUT2D eigenvalue weighted by Crippen LogP contribution is -2.24. The monoisotopic (exact) mass is 439 g/mol. The minimum Gasteiger partial charge on any atom is -0.467 e. The van der Waals surface area contributed by atoms with Crippen molar-refractivity contribution in [1.82, 2.24) is 9.55 Å². The molecule has 0 unspecified atom stereocenters. The molecule has 0 aliphatic rings. The SMILES string of the molecule is O=C(CCSc1nc2cc(Cl)ccc2c(=O)n1Cc1ccco1)Nc1ccccc1. The average Bonchev–Trinajstić information content (AvgIpc) is 3.24. The first-order valence-electron chi connectivity index (χ1n) is 9.30. The summed E-state index contributed by atoms with van der Waals surface area (Å²) in [5, 5.41) is 4.36. The number of furan rings is 1. The van der Waals surface area contributed by atoms with E-state index in [1.165, 1.54) is 11.8 Å². The number of halogens is 1. The molecule has 0 aliphatic carbocycles. The van der Waals surface area contributed by atoms with Crippen LogP contribution in [0.1, 0.15) is 12.2 Å². The average molecular weight is 440 g/mol. The van der Waals surface area contributed by atoms with Gasteiger partial charge in [-0.25, -0.2) is 4.98 Å². The van der Waals surface area contributed by atoms with E-state index in [2.05, 4.69) is 10.3 Å². The second-order valence-electron chi connectivity index (χ2n) is 6.54. The van der Waals surface area contributed by atoms with Gasteiger partial charge in [0.25, 0.3) is 5.56 Å². The molecule has 1 N–H and O–H groups in total. The number of aromatic nitrogens is 2. The van der Waals surface area contributed by atoms with Crippen molar-refractivity contribution in [1.29, 1.82) is 0 Å². The molecule has 0 atom stereocenters. The Morgan fingerprint density at radius 2 is 1.97 bits per heavy atom. The van der Waals surface area contributed by atoms with Gasteiger partial charge in [0.15, 0.2) is 5.16 Å². The van der Waals surface area contributed by atoms with Crippen LogP contribution < -0.4 is 10.9 Å².